The lowest BCUT2D eigenvalue weighted by Crippen LogP contribution is -2.33. The molecule has 0 spiro atoms. The normalized spacial score (nSPS) is 20.7. The van der Waals surface area contributed by atoms with Gasteiger partial charge in [-0.25, -0.2) is 0 Å². The Kier molecular flexibility index (Phi) is 3.06. The van der Waals surface area contributed by atoms with Crippen LogP contribution in [0.5, 0.6) is 0 Å². The summed E-state index contributed by atoms with van der Waals surface area (Å²) in [7, 11) is 0. The van der Waals surface area contributed by atoms with Crippen LogP contribution in [-0.2, 0) is 0 Å². The highest BCUT2D eigenvalue weighted by molar-refractivity contribution is 5.27. The molecule has 0 aliphatic carbocycles. The molecular formula is C10H16N2O2. The smallest absolute Gasteiger partial charge is 0.215 e. The molecule has 1 rings (SSSR count). The van der Waals surface area contributed by atoms with E-state index in [4.69, 9.17) is 5.11 Å². The quantitative estimate of drug-likeness (QED) is 0.542. The zero-order valence-electron chi connectivity index (χ0n) is 8.82. The predicted octanol–water partition coefficient (Wildman–Crippen LogP) is 1.95. The molecule has 0 atom stereocenters. The van der Waals surface area contributed by atoms with Gasteiger partial charge in [-0.15, -0.1) is 0 Å². The SMILES string of the molecule is CC1=CN=[N+]([O-])C(C)(C)C(CCO)=C1. The number of rotatable bonds is 2. The topological polar surface area (TPSA) is 58.7 Å². The molecule has 0 saturated heterocycles. The van der Waals surface area contributed by atoms with E-state index >= 15 is 0 Å². The Morgan fingerprint density at radius 1 is 1.57 bits per heavy atom. The molecule has 0 fully saturated rings. The lowest BCUT2D eigenvalue weighted by molar-refractivity contribution is -0.589. The van der Waals surface area contributed by atoms with Gasteiger partial charge < -0.3 is 10.3 Å². The van der Waals surface area contributed by atoms with Gasteiger partial charge in [0, 0.05) is 26.0 Å². The summed E-state index contributed by atoms with van der Waals surface area (Å²) in [6.07, 6.45) is 3.96. The Morgan fingerprint density at radius 3 is 2.79 bits per heavy atom. The molecule has 14 heavy (non-hydrogen) atoms. The Bertz CT molecular complexity index is 314. The molecule has 0 saturated carbocycles. The summed E-state index contributed by atoms with van der Waals surface area (Å²) in [5.41, 5.74) is 1.17. The number of allylic oxidation sites excluding steroid dienone is 2. The van der Waals surface area contributed by atoms with Gasteiger partial charge in [-0.3, -0.25) is 0 Å². The van der Waals surface area contributed by atoms with E-state index in [0.29, 0.717) is 11.3 Å². The molecule has 0 radical (unpaired) electrons. The average Bonchev–Trinajstić information content (AvgIpc) is 2.20. The van der Waals surface area contributed by atoms with Gasteiger partial charge in [0.2, 0.25) is 5.54 Å². The van der Waals surface area contributed by atoms with Gasteiger partial charge in [0.1, 0.15) is 0 Å². The highest BCUT2D eigenvalue weighted by atomic mass is 16.5. The molecule has 0 aromatic rings. The summed E-state index contributed by atoms with van der Waals surface area (Å²) in [5.74, 6) is 0. The lowest BCUT2D eigenvalue weighted by atomic mass is 9.91. The third-order valence-corrected chi connectivity index (χ3v) is 2.41. The van der Waals surface area contributed by atoms with Gasteiger partial charge in [0.05, 0.1) is 6.20 Å². The van der Waals surface area contributed by atoms with Crippen LogP contribution in [0.1, 0.15) is 27.2 Å². The van der Waals surface area contributed by atoms with Crippen molar-refractivity contribution in [3.8, 4) is 0 Å². The monoisotopic (exact) mass is 196 g/mol. The molecule has 0 bridgehead atoms. The molecule has 1 aliphatic rings. The lowest BCUT2D eigenvalue weighted by Gasteiger charge is -2.22. The van der Waals surface area contributed by atoms with E-state index in [9.17, 15) is 5.21 Å². The minimum atomic E-state index is -0.670. The Hall–Kier alpha value is -1.16. The van der Waals surface area contributed by atoms with Crippen molar-refractivity contribution in [2.45, 2.75) is 32.7 Å². The third kappa shape index (κ3) is 2.01. The first-order chi connectivity index (χ1) is 6.48. The number of hydrogen-bond donors (Lipinski definition) is 1. The van der Waals surface area contributed by atoms with Crippen molar-refractivity contribution in [1.29, 1.82) is 0 Å². The van der Waals surface area contributed by atoms with Gasteiger partial charge in [-0.2, -0.15) is 0 Å². The molecule has 0 aromatic heterocycles. The van der Waals surface area contributed by atoms with E-state index < -0.39 is 5.54 Å². The van der Waals surface area contributed by atoms with Crippen molar-refractivity contribution < 1.29 is 9.97 Å². The summed E-state index contributed by atoms with van der Waals surface area (Å²) in [5, 5.41) is 24.2. The number of aliphatic hydroxyl groups is 1. The molecule has 4 heteroatoms. The second-order valence-electron chi connectivity index (χ2n) is 3.96. The summed E-state index contributed by atoms with van der Waals surface area (Å²) in [6.45, 7) is 5.54. The molecule has 1 N–H and O–H groups in total. The van der Waals surface area contributed by atoms with E-state index in [-0.39, 0.29) is 6.61 Å². The van der Waals surface area contributed by atoms with E-state index in [1.54, 1.807) is 20.0 Å². The van der Waals surface area contributed by atoms with Crippen molar-refractivity contribution in [3.63, 3.8) is 0 Å². The summed E-state index contributed by atoms with van der Waals surface area (Å²) in [4.78, 5) is 0.686. The fourth-order valence-electron chi connectivity index (χ4n) is 1.40. The maximum atomic E-state index is 11.5. The van der Waals surface area contributed by atoms with Crippen LogP contribution in [0.4, 0.5) is 0 Å². The molecule has 1 aliphatic heterocycles. The summed E-state index contributed by atoms with van der Waals surface area (Å²) in [6, 6.07) is 0. The van der Waals surface area contributed by atoms with E-state index in [0.717, 1.165) is 11.1 Å². The van der Waals surface area contributed by atoms with Crippen LogP contribution >= 0.6 is 0 Å². The number of nitrogens with zero attached hydrogens (tertiary/aromatic N) is 2. The van der Waals surface area contributed by atoms with Crippen molar-refractivity contribution >= 4 is 0 Å². The summed E-state index contributed by atoms with van der Waals surface area (Å²) >= 11 is 0. The zero-order chi connectivity index (χ0) is 10.8. The first-order valence-electron chi connectivity index (χ1n) is 4.65. The molecule has 0 amide bonds. The predicted molar refractivity (Wildman–Crippen MR) is 53.7 cm³/mol. The van der Waals surface area contributed by atoms with Gasteiger partial charge in [0.25, 0.3) is 0 Å². The van der Waals surface area contributed by atoms with Crippen LogP contribution in [0, 0.1) is 5.21 Å². The minimum absolute atomic E-state index is 0.0520. The highest BCUT2D eigenvalue weighted by Gasteiger charge is 2.33. The van der Waals surface area contributed by atoms with Crippen LogP contribution in [0.25, 0.3) is 0 Å². The van der Waals surface area contributed by atoms with Crippen LogP contribution < -0.4 is 0 Å². The minimum Gasteiger partial charge on any atom is -0.599 e. The van der Waals surface area contributed by atoms with E-state index in [1.165, 1.54) is 0 Å². The van der Waals surface area contributed by atoms with Crippen LogP contribution in [0.2, 0.25) is 0 Å². The van der Waals surface area contributed by atoms with E-state index in [2.05, 4.69) is 5.11 Å². The van der Waals surface area contributed by atoms with Crippen molar-refractivity contribution in [2.75, 3.05) is 6.61 Å². The molecule has 0 unspecified atom stereocenters. The van der Waals surface area contributed by atoms with Crippen molar-refractivity contribution in [3.05, 3.63) is 28.6 Å². The van der Waals surface area contributed by atoms with Gasteiger partial charge in [-0.1, -0.05) is 10.9 Å². The number of aliphatic hydroxyl groups excluding tert-OH is 1. The first-order valence-corrected chi connectivity index (χ1v) is 4.65. The Balaban J connectivity index is 3.11. The second kappa shape index (κ2) is 3.92. The molecule has 1 heterocycles. The van der Waals surface area contributed by atoms with Gasteiger partial charge >= 0.3 is 0 Å². The largest absolute Gasteiger partial charge is 0.599 e. The number of azo groups is 1. The molecule has 0 aromatic carbocycles. The average molecular weight is 196 g/mol. The number of hydroxylamine groups is 1. The second-order valence-corrected chi connectivity index (χ2v) is 3.96. The van der Waals surface area contributed by atoms with Crippen LogP contribution in [-0.4, -0.2) is 22.1 Å². The Labute approximate surface area is 83.8 Å². The van der Waals surface area contributed by atoms with Crippen LogP contribution in [0.15, 0.2) is 28.5 Å². The fourth-order valence-corrected chi connectivity index (χ4v) is 1.40. The fraction of sp³-hybridized carbons (Fsp3) is 0.600. The summed E-state index contributed by atoms with van der Waals surface area (Å²) < 4.78 is 0. The van der Waals surface area contributed by atoms with E-state index in [1.807, 2.05) is 13.0 Å². The zero-order valence-corrected chi connectivity index (χ0v) is 8.82. The van der Waals surface area contributed by atoms with Gasteiger partial charge in [-0.05, 0) is 24.0 Å². The molecule has 78 valence electrons. The maximum absolute atomic E-state index is 11.5. The molecule has 4 nitrogen and oxygen atoms in total. The molecular weight excluding hydrogens is 180 g/mol. The van der Waals surface area contributed by atoms with Crippen molar-refractivity contribution in [1.82, 2.24) is 0 Å². The van der Waals surface area contributed by atoms with Crippen molar-refractivity contribution in [2.24, 2.45) is 5.11 Å². The maximum Gasteiger partial charge on any atom is 0.215 e. The van der Waals surface area contributed by atoms with Crippen LogP contribution in [0.3, 0.4) is 0 Å². The number of hydrogen-bond acceptors (Lipinski definition) is 3. The Morgan fingerprint density at radius 2 is 2.21 bits per heavy atom. The third-order valence-electron chi connectivity index (χ3n) is 2.41. The highest BCUT2D eigenvalue weighted by Crippen LogP contribution is 2.26. The van der Waals surface area contributed by atoms with Gasteiger partial charge in [0.15, 0.2) is 0 Å². The standard InChI is InChI=1S/C10H16N2O2/c1-8-6-9(4-5-13)10(2,3)12(14)11-7-8/h6-7,13H,4-5H2,1-3H3. The first kappa shape index (κ1) is 10.9.